The summed E-state index contributed by atoms with van der Waals surface area (Å²) < 4.78 is 0. The van der Waals surface area contributed by atoms with Gasteiger partial charge in [-0.15, -0.1) is 0 Å². The summed E-state index contributed by atoms with van der Waals surface area (Å²) in [5.74, 6) is 5.54. The van der Waals surface area contributed by atoms with Gasteiger partial charge in [0.25, 0.3) is 0 Å². The topological polar surface area (TPSA) is 40.5 Å². The highest BCUT2D eigenvalue weighted by Gasteiger charge is 2.01. The molecule has 2 nitrogen and oxygen atoms in total. The van der Waals surface area contributed by atoms with Crippen LogP contribution in [0.1, 0.15) is 84.5 Å². The summed E-state index contributed by atoms with van der Waals surface area (Å²) in [5, 5.41) is 19.3. The summed E-state index contributed by atoms with van der Waals surface area (Å²) >= 11 is 0. The molecule has 2 atom stereocenters. The third-order valence-corrected chi connectivity index (χ3v) is 3.33. The summed E-state index contributed by atoms with van der Waals surface area (Å²) in [6.07, 6.45) is 10.9. The van der Waals surface area contributed by atoms with Crippen molar-refractivity contribution < 1.29 is 10.2 Å². The lowest BCUT2D eigenvalue weighted by Crippen LogP contribution is -2.07. The molecule has 0 heterocycles. The van der Waals surface area contributed by atoms with E-state index in [1.165, 1.54) is 38.5 Å². The van der Waals surface area contributed by atoms with Gasteiger partial charge in [0.1, 0.15) is 12.2 Å². The van der Waals surface area contributed by atoms with Crippen LogP contribution in [0.15, 0.2) is 0 Å². The first-order chi connectivity index (χ1) is 9.20. The summed E-state index contributed by atoms with van der Waals surface area (Å²) in [5.41, 5.74) is 0. The molecule has 2 unspecified atom stereocenters. The van der Waals surface area contributed by atoms with Crippen molar-refractivity contribution in [3.8, 4) is 11.8 Å². The smallest absolute Gasteiger partial charge is 0.114 e. The molecule has 0 saturated heterocycles. The van der Waals surface area contributed by atoms with Crippen LogP contribution in [0.3, 0.4) is 0 Å². The van der Waals surface area contributed by atoms with E-state index < -0.39 is 12.2 Å². The second-order valence-electron chi connectivity index (χ2n) is 5.37. The van der Waals surface area contributed by atoms with E-state index in [0.29, 0.717) is 0 Å². The Morgan fingerprint density at radius 2 is 1.00 bits per heavy atom. The van der Waals surface area contributed by atoms with Gasteiger partial charge in [-0.3, -0.25) is 0 Å². The van der Waals surface area contributed by atoms with Crippen LogP contribution in [0.2, 0.25) is 0 Å². The number of aliphatic hydroxyl groups is 2. The number of hydrogen-bond acceptors (Lipinski definition) is 2. The predicted octanol–water partition coefficient (Wildman–Crippen LogP) is 4.04. The van der Waals surface area contributed by atoms with Gasteiger partial charge in [0, 0.05) is 0 Å². The fourth-order valence-electron chi connectivity index (χ4n) is 2.04. The van der Waals surface area contributed by atoms with E-state index >= 15 is 0 Å². The molecular formula is C17H32O2. The van der Waals surface area contributed by atoms with E-state index in [0.717, 1.165) is 32.1 Å². The Bertz CT molecular complexity index is 239. The number of hydrogen-bond donors (Lipinski definition) is 2. The zero-order chi connectivity index (χ0) is 14.3. The largest absolute Gasteiger partial charge is 0.380 e. The van der Waals surface area contributed by atoms with Gasteiger partial charge < -0.3 is 10.2 Å². The average Bonchev–Trinajstić information content (AvgIpc) is 2.41. The molecule has 0 radical (unpaired) electrons. The minimum atomic E-state index is -0.563. The van der Waals surface area contributed by atoms with E-state index in [-0.39, 0.29) is 0 Å². The molecule has 0 aromatic carbocycles. The van der Waals surface area contributed by atoms with Crippen LogP contribution in [-0.4, -0.2) is 22.4 Å². The fourth-order valence-corrected chi connectivity index (χ4v) is 2.04. The van der Waals surface area contributed by atoms with Crippen LogP contribution < -0.4 is 0 Å². The standard InChI is InChI=1S/C17H32O2/c1-3-5-7-9-11-13-17(19)15-14-16(18)12-10-8-6-4-2/h16-19H,3-13H2,1-2H3. The third kappa shape index (κ3) is 13.7. The van der Waals surface area contributed by atoms with Gasteiger partial charge in [-0.1, -0.05) is 70.6 Å². The van der Waals surface area contributed by atoms with Crippen molar-refractivity contribution in [3.63, 3.8) is 0 Å². The van der Waals surface area contributed by atoms with Gasteiger partial charge in [-0.25, -0.2) is 0 Å². The summed E-state index contributed by atoms with van der Waals surface area (Å²) in [6.45, 7) is 4.37. The first kappa shape index (κ1) is 18.5. The van der Waals surface area contributed by atoms with Crippen LogP contribution in [-0.2, 0) is 0 Å². The molecule has 0 aliphatic carbocycles. The van der Waals surface area contributed by atoms with Crippen molar-refractivity contribution in [2.45, 2.75) is 96.7 Å². The Kier molecular flexibility index (Phi) is 13.5. The second-order valence-corrected chi connectivity index (χ2v) is 5.37. The molecule has 0 saturated carbocycles. The number of rotatable bonds is 11. The Balaban J connectivity index is 3.56. The molecule has 0 aromatic rings. The molecule has 0 aromatic heterocycles. The van der Waals surface area contributed by atoms with E-state index in [4.69, 9.17) is 0 Å². The first-order valence-electron chi connectivity index (χ1n) is 8.07. The Hall–Kier alpha value is -0.520. The normalized spacial score (nSPS) is 13.7. The SMILES string of the molecule is CCCCCCCC(O)C#CC(O)CCCCCC. The third-order valence-electron chi connectivity index (χ3n) is 3.33. The van der Waals surface area contributed by atoms with Crippen molar-refractivity contribution in [1.82, 2.24) is 0 Å². The number of unbranched alkanes of at least 4 members (excludes halogenated alkanes) is 7. The van der Waals surface area contributed by atoms with E-state index in [2.05, 4.69) is 25.7 Å². The molecule has 0 amide bonds. The minimum Gasteiger partial charge on any atom is -0.380 e. The lowest BCUT2D eigenvalue weighted by atomic mass is 10.1. The summed E-state index contributed by atoms with van der Waals surface area (Å²) in [4.78, 5) is 0. The molecule has 0 fully saturated rings. The molecule has 0 aliphatic heterocycles. The molecule has 19 heavy (non-hydrogen) atoms. The monoisotopic (exact) mass is 268 g/mol. The Morgan fingerprint density at radius 1 is 0.632 bits per heavy atom. The minimum absolute atomic E-state index is 0.563. The van der Waals surface area contributed by atoms with E-state index in [1.54, 1.807) is 0 Å². The van der Waals surface area contributed by atoms with Gasteiger partial charge in [-0.05, 0) is 25.7 Å². The maximum atomic E-state index is 9.68. The van der Waals surface area contributed by atoms with Crippen molar-refractivity contribution >= 4 is 0 Å². The molecule has 112 valence electrons. The van der Waals surface area contributed by atoms with Crippen molar-refractivity contribution in [2.24, 2.45) is 0 Å². The van der Waals surface area contributed by atoms with E-state index in [9.17, 15) is 10.2 Å². The summed E-state index contributed by atoms with van der Waals surface area (Å²) in [6, 6.07) is 0. The first-order valence-corrected chi connectivity index (χ1v) is 8.07. The number of aliphatic hydroxyl groups excluding tert-OH is 2. The van der Waals surface area contributed by atoms with Gasteiger partial charge in [0.2, 0.25) is 0 Å². The zero-order valence-corrected chi connectivity index (χ0v) is 12.8. The zero-order valence-electron chi connectivity index (χ0n) is 12.8. The molecule has 2 N–H and O–H groups in total. The van der Waals surface area contributed by atoms with Gasteiger partial charge in [0.15, 0.2) is 0 Å². The van der Waals surface area contributed by atoms with Crippen LogP contribution in [0.5, 0.6) is 0 Å². The molecule has 0 bridgehead atoms. The molecule has 0 aliphatic rings. The highest BCUT2D eigenvalue weighted by atomic mass is 16.3. The molecule has 0 rings (SSSR count). The lowest BCUT2D eigenvalue weighted by Gasteiger charge is -2.05. The average molecular weight is 268 g/mol. The highest BCUT2D eigenvalue weighted by molar-refractivity contribution is 5.08. The van der Waals surface area contributed by atoms with Crippen LogP contribution in [0.4, 0.5) is 0 Å². The second kappa shape index (κ2) is 13.9. The molecule has 0 spiro atoms. The Morgan fingerprint density at radius 3 is 1.42 bits per heavy atom. The predicted molar refractivity (Wildman–Crippen MR) is 81.9 cm³/mol. The van der Waals surface area contributed by atoms with Crippen molar-refractivity contribution in [1.29, 1.82) is 0 Å². The van der Waals surface area contributed by atoms with Crippen LogP contribution >= 0.6 is 0 Å². The van der Waals surface area contributed by atoms with Crippen LogP contribution in [0.25, 0.3) is 0 Å². The highest BCUT2D eigenvalue weighted by Crippen LogP contribution is 2.07. The molecular weight excluding hydrogens is 236 g/mol. The van der Waals surface area contributed by atoms with Crippen molar-refractivity contribution in [3.05, 3.63) is 0 Å². The van der Waals surface area contributed by atoms with Gasteiger partial charge >= 0.3 is 0 Å². The summed E-state index contributed by atoms with van der Waals surface area (Å²) in [7, 11) is 0. The van der Waals surface area contributed by atoms with Crippen LogP contribution in [0, 0.1) is 11.8 Å². The maximum Gasteiger partial charge on any atom is 0.114 e. The molecule has 2 heteroatoms. The lowest BCUT2D eigenvalue weighted by molar-refractivity contribution is 0.207. The quantitative estimate of drug-likeness (QED) is 0.438. The maximum absolute atomic E-state index is 9.68. The Labute approximate surface area is 119 Å². The fraction of sp³-hybridized carbons (Fsp3) is 0.882. The van der Waals surface area contributed by atoms with Gasteiger partial charge in [-0.2, -0.15) is 0 Å². The van der Waals surface area contributed by atoms with Crippen molar-refractivity contribution in [2.75, 3.05) is 0 Å². The van der Waals surface area contributed by atoms with Gasteiger partial charge in [0.05, 0.1) is 0 Å². The van der Waals surface area contributed by atoms with E-state index in [1.807, 2.05) is 0 Å².